The third kappa shape index (κ3) is 3.22. The van der Waals surface area contributed by atoms with E-state index in [-0.39, 0.29) is 11.9 Å². The number of rotatable bonds is 5. The first-order chi connectivity index (χ1) is 9.51. The van der Waals surface area contributed by atoms with E-state index in [1.54, 1.807) is 4.68 Å². The molecule has 0 bridgehead atoms. The van der Waals surface area contributed by atoms with E-state index in [1.165, 1.54) is 12.1 Å². The topological polar surface area (TPSA) is 29.9 Å². The average molecular weight is 279 g/mol. The highest BCUT2D eigenvalue weighted by Gasteiger charge is 2.18. The zero-order chi connectivity index (χ0) is 14.7. The van der Waals surface area contributed by atoms with Gasteiger partial charge in [-0.25, -0.2) is 8.78 Å². The number of hydrogen-bond acceptors (Lipinski definition) is 2. The summed E-state index contributed by atoms with van der Waals surface area (Å²) in [5.74, 6) is -0.796. The van der Waals surface area contributed by atoms with Gasteiger partial charge in [-0.05, 0) is 43.7 Å². The van der Waals surface area contributed by atoms with Gasteiger partial charge in [0.1, 0.15) is 11.6 Å². The molecule has 0 spiro atoms. The van der Waals surface area contributed by atoms with Crippen LogP contribution >= 0.6 is 0 Å². The van der Waals surface area contributed by atoms with Crippen molar-refractivity contribution in [1.82, 2.24) is 15.1 Å². The molecule has 1 unspecified atom stereocenters. The summed E-state index contributed by atoms with van der Waals surface area (Å²) in [5, 5.41) is 7.61. The van der Waals surface area contributed by atoms with Crippen LogP contribution in [-0.4, -0.2) is 16.3 Å². The van der Waals surface area contributed by atoms with Gasteiger partial charge < -0.3 is 5.32 Å². The maximum absolute atomic E-state index is 13.8. The zero-order valence-corrected chi connectivity index (χ0v) is 12.0. The Bertz CT molecular complexity index is 593. The second kappa shape index (κ2) is 6.13. The molecule has 0 radical (unpaired) electrons. The van der Waals surface area contributed by atoms with E-state index in [1.807, 2.05) is 27.1 Å². The lowest BCUT2D eigenvalue weighted by atomic mass is 9.99. The largest absolute Gasteiger partial charge is 0.310 e. The summed E-state index contributed by atoms with van der Waals surface area (Å²) in [4.78, 5) is 0. The van der Waals surface area contributed by atoms with E-state index >= 15 is 0 Å². The average Bonchev–Trinajstić information content (AvgIpc) is 2.72. The van der Waals surface area contributed by atoms with Crippen LogP contribution in [0.15, 0.2) is 24.4 Å². The lowest BCUT2D eigenvalue weighted by molar-refractivity contribution is 0.520. The second-order valence-electron chi connectivity index (χ2n) is 4.89. The Balaban J connectivity index is 2.30. The molecular formula is C15H19F2N3. The predicted octanol–water partition coefficient (Wildman–Crippen LogP) is 2.90. The Kier molecular flexibility index (Phi) is 4.49. The molecular weight excluding hydrogens is 260 g/mol. The van der Waals surface area contributed by atoms with Gasteiger partial charge in [-0.3, -0.25) is 4.68 Å². The number of hydrogen-bond donors (Lipinski definition) is 1. The van der Waals surface area contributed by atoms with Crippen LogP contribution in [0.3, 0.4) is 0 Å². The van der Waals surface area contributed by atoms with Crippen LogP contribution in [0, 0.1) is 18.6 Å². The molecule has 1 atom stereocenters. The first-order valence-corrected chi connectivity index (χ1v) is 6.68. The zero-order valence-electron chi connectivity index (χ0n) is 12.0. The Labute approximate surface area is 117 Å². The summed E-state index contributed by atoms with van der Waals surface area (Å²) in [6.07, 6.45) is 2.31. The molecule has 2 aromatic rings. The van der Waals surface area contributed by atoms with Crippen molar-refractivity contribution in [2.45, 2.75) is 26.3 Å². The van der Waals surface area contributed by atoms with Gasteiger partial charge in [0.2, 0.25) is 0 Å². The molecule has 0 saturated carbocycles. The van der Waals surface area contributed by atoms with Crippen molar-refractivity contribution in [1.29, 1.82) is 0 Å². The molecule has 5 heteroatoms. The fourth-order valence-corrected chi connectivity index (χ4v) is 2.42. The van der Waals surface area contributed by atoms with Gasteiger partial charge >= 0.3 is 0 Å². The number of benzene rings is 1. The van der Waals surface area contributed by atoms with Crippen LogP contribution in [0.4, 0.5) is 8.78 Å². The van der Waals surface area contributed by atoms with Crippen molar-refractivity contribution in [2.24, 2.45) is 7.05 Å². The minimum Gasteiger partial charge on any atom is -0.310 e. The number of aryl methyl sites for hydroxylation is 2. The van der Waals surface area contributed by atoms with E-state index in [0.717, 1.165) is 23.9 Å². The molecule has 2 rings (SSSR count). The van der Waals surface area contributed by atoms with Crippen molar-refractivity contribution < 1.29 is 8.78 Å². The molecule has 3 nitrogen and oxygen atoms in total. The van der Waals surface area contributed by atoms with Crippen molar-refractivity contribution in [3.05, 3.63) is 52.9 Å². The van der Waals surface area contributed by atoms with E-state index < -0.39 is 5.82 Å². The SMILES string of the molecule is CCNC(Cc1cc(F)ccc1F)c1cn(C)nc1C. The van der Waals surface area contributed by atoms with Crippen LogP contribution in [-0.2, 0) is 13.5 Å². The van der Waals surface area contributed by atoms with E-state index in [9.17, 15) is 8.78 Å². The molecule has 0 aliphatic carbocycles. The highest BCUT2D eigenvalue weighted by atomic mass is 19.1. The number of nitrogens with zero attached hydrogens (tertiary/aromatic N) is 2. The highest BCUT2D eigenvalue weighted by molar-refractivity contribution is 5.26. The van der Waals surface area contributed by atoms with Gasteiger partial charge in [-0.2, -0.15) is 5.10 Å². The summed E-state index contributed by atoms with van der Waals surface area (Å²) >= 11 is 0. The molecule has 108 valence electrons. The van der Waals surface area contributed by atoms with Crippen LogP contribution in [0.25, 0.3) is 0 Å². The number of halogens is 2. The van der Waals surface area contributed by atoms with Gasteiger partial charge in [-0.15, -0.1) is 0 Å². The minimum atomic E-state index is -0.417. The Morgan fingerprint density at radius 2 is 2.10 bits per heavy atom. The van der Waals surface area contributed by atoms with Gasteiger partial charge in [0.15, 0.2) is 0 Å². The fraction of sp³-hybridized carbons (Fsp3) is 0.400. The van der Waals surface area contributed by atoms with Gasteiger partial charge in [0, 0.05) is 24.8 Å². The molecule has 0 amide bonds. The highest BCUT2D eigenvalue weighted by Crippen LogP contribution is 2.23. The standard InChI is InChI=1S/C15H19F2N3/c1-4-18-15(13-9-20(3)19-10(13)2)8-11-7-12(16)5-6-14(11)17/h5-7,9,15,18H,4,8H2,1-3H3. The molecule has 0 aliphatic rings. The lowest BCUT2D eigenvalue weighted by Gasteiger charge is -2.18. The van der Waals surface area contributed by atoms with Crippen LogP contribution in [0.2, 0.25) is 0 Å². The molecule has 1 N–H and O–H groups in total. The summed E-state index contributed by atoms with van der Waals surface area (Å²) in [5.41, 5.74) is 2.28. The van der Waals surface area contributed by atoms with E-state index in [0.29, 0.717) is 12.0 Å². The monoisotopic (exact) mass is 279 g/mol. The van der Waals surface area contributed by atoms with E-state index in [4.69, 9.17) is 0 Å². The van der Waals surface area contributed by atoms with Crippen molar-refractivity contribution in [3.8, 4) is 0 Å². The van der Waals surface area contributed by atoms with Crippen molar-refractivity contribution >= 4 is 0 Å². The third-order valence-electron chi connectivity index (χ3n) is 3.31. The summed E-state index contributed by atoms with van der Waals surface area (Å²) in [6, 6.07) is 3.48. The molecule has 1 heterocycles. The molecule has 1 aromatic carbocycles. The summed E-state index contributed by atoms with van der Waals surface area (Å²) in [7, 11) is 1.85. The van der Waals surface area contributed by atoms with Gasteiger partial charge in [0.05, 0.1) is 5.69 Å². The lowest BCUT2D eigenvalue weighted by Crippen LogP contribution is -2.23. The van der Waals surface area contributed by atoms with Crippen molar-refractivity contribution in [3.63, 3.8) is 0 Å². The summed E-state index contributed by atoms with van der Waals surface area (Å²) in [6.45, 7) is 4.65. The van der Waals surface area contributed by atoms with E-state index in [2.05, 4.69) is 10.4 Å². The molecule has 1 aromatic heterocycles. The minimum absolute atomic E-state index is 0.0787. The Morgan fingerprint density at radius 3 is 2.70 bits per heavy atom. The predicted molar refractivity (Wildman–Crippen MR) is 74.4 cm³/mol. The number of aromatic nitrogens is 2. The van der Waals surface area contributed by atoms with Crippen molar-refractivity contribution in [2.75, 3.05) is 6.54 Å². The fourth-order valence-electron chi connectivity index (χ4n) is 2.42. The first kappa shape index (κ1) is 14.7. The number of likely N-dealkylation sites (N-methyl/N-ethyl adjacent to an activating group) is 1. The molecule has 0 fully saturated rings. The maximum atomic E-state index is 13.8. The first-order valence-electron chi connectivity index (χ1n) is 6.68. The maximum Gasteiger partial charge on any atom is 0.126 e. The molecule has 0 aliphatic heterocycles. The quantitative estimate of drug-likeness (QED) is 0.912. The third-order valence-corrected chi connectivity index (χ3v) is 3.31. The number of nitrogens with one attached hydrogen (secondary N) is 1. The smallest absolute Gasteiger partial charge is 0.126 e. The van der Waals surface area contributed by atoms with Crippen LogP contribution < -0.4 is 5.32 Å². The Morgan fingerprint density at radius 1 is 1.35 bits per heavy atom. The van der Waals surface area contributed by atoms with Gasteiger partial charge in [-0.1, -0.05) is 6.92 Å². The second-order valence-corrected chi connectivity index (χ2v) is 4.89. The van der Waals surface area contributed by atoms with Gasteiger partial charge in [0.25, 0.3) is 0 Å². The van der Waals surface area contributed by atoms with Crippen LogP contribution in [0.5, 0.6) is 0 Å². The normalized spacial score (nSPS) is 12.7. The summed E-state index contributed by atoms with van der Waals surface area (Å²) < 4.78 is 28.8. The molecule has 20 heavy (non-hydrogen) atoms. The Hall–Kier alpha value is -1.75. The molecule has 0 saturated heterocycles. The van der Waals surface area contributed by atoms with Crippen LogP contribution in [0.1, 0.15) is 29.8 Å².